The van der Waals surface area contributed by atoms with Crippen molar-refractivity contribution >= 4 is 38.4 Å². The molecule has 1 fully saturated rings. The number of fused-ring (bicyclic) bond motifs is 2. The predicted molar refractivity (Wildman–Crippen MR) is 153 cm³/mol. The molecule has 7 nitrogen and oxygen atoms in total. The average molecular weight is 544 g/mol. The van der Waals surface area contributed by atoms with Crippen LogP contribution in [0.15, 0.2) is 54.6 Å². The third-order valence-corrected chi connectivity index (χ3v) is 8.28. The Morgan fingerprint density at radius 1 is 1.21 bits per heavy atom. The number of H-pyrrole nitrogens is 1. The van der Waals surface area contributed by atoms with Gasteiger partial charge in [0.15, 0.2) is 0 Å². The molecule has 6 rings (SSSR count). The fraction of sp³-hybridized carbons (Fsp3) is 0.300. The van der Waals surface area contributed by atoms with E-state index < -0.39 is 0 Å². The van der Waals surface area contributed by atoms with Crippen LogP contribution in [0.3, 0.4) is 0 Å². The Bertz CT molecular complexity index is 1680. The molecule has 1 amide bonds. The lowest BCUT2D eigenvalue weighted by molar-refractivity contribution is 0.0868. The van der Waals surface area contributed by atoms with Gasteiger partial charge in [0, 0.05) is 47.8 Å². The number of thiazole rings is 1. The second-order valence-corrected chi connectivity index (χ2v) is 11.6. The number of piperidine rings is 1. The number of benzene rings is 3. The molecule has 1 aliphatic rings. The summed E-state index contributed by atoms with van der Waals surface area (Å²) in [5, 5.41) is 12.8. The van der Waals surface area contributed by atoms with Crippen LogP contribution < -0.4 is 10.1 Å². The number of amides is 1. The minimum Gasteiger partial charge on any atom is -0.496 e. The van der Waals surface area contributed by atoms with E-state index in [1.807, 2.05) is 37.3 Å². The summed E-state index contributed by atoms with van der Waals surface area (Å²) in [5.74, 6) is 0.500. The predicted octanol–water partition coefficient (Wildman–Crippen LogP) is 5.94. The Balaban J connectivity index is 1.21. The highest BCUT2D eigenvalue weighted by atomic mass is 32.1. The number of nitrogens with one attached hydrogen (secondary N) is 2. The van der Waals surface area contributed by atoms with E-state index in [4.69, 9.17) is 4.74 Å². The number of halogens is 1. The molecule has 0 spiro atoms. The summed E-state index contributed by atoms with van der Waals surface area (Å²) in [4.78, 5) is 20.1. The Morgan fingerprint density at radius 3 is 2.92 bits per heavy atom. The molecular formula is C30H30FN5O2S. The molecule has 0 radical (unpaired) electrons. The third-order valence-electron chi connectivity index (χ3n) is 7.34. The minimum absolute atomic E-state index is 0.0458. The molecule has 3 heterocycles. The normalized spacial score (nSPS) is 18.1. The van der Waals surface area contributed by atoms with Crippen molar-refractivity contribution in [3.63, 3.8) is 0 Å². The molecule has 39 heavy (non-hydrogen) atoms. The molecule has 0 saturated carbocycles. The molecule has 2 aromatic heterocycles. The number of carbonyl (C=O) groups is 1. The number of methoxy groups -OCH3 is 1. The van der Waals surface area contributed by atoms with Gasteiger partial charge in [-0.15, -0.1) is 11.3 Å². The van der Waals surface area contributed by atoms with Gasteiger partial charge in [-0.3, -0.25) is 14.8 Å². The van der Waals surface area contributed by atoms with Gasteiger partial charge in [-0.05, 0) is 61.7 Å². The van der Waals surface area contributed by atoms with Gasteiger partial charge in [0.1, 0.15) is 11.6 Å². The van der Waals surface area contributed by atoms with Gasteiger partial charge in [0.05, 0.1) is 33.5 Å². The van der Waals surface area contributed by atoms with Crippen LogP contribution in [0, 0.1) is 18.7 Å². The van der Waals surface area contributed by atoms with E-state index in [0.29, 0.717) is 35.9 Å². The van der Waals surface area contributed by atoms with Gasteiger partial charge in [0.25, 0.3) is 5.91 Å². The topological polar surface area (TPSA) is 83.1 Å². The van der Waals surface area contributed by atoms with Crippen molar-refractivity contribution in [2.45, 2.75) is 32.9 Å². The Kier molecular flexibility index (Phi) is 6.78. The van der Waals surface area contributed by atoms with Crippen LogP contribution in [-0.4, -0.2) is 52.2 Å². The fourth-order valence-electron chi connectivity index (χ4n) is 5.63. The molecule has 0 aliphatic carbocycles. The first-order valence-electron chi connectivity index (χ1n) is 13.1. The van der Waals surface area contributed by atoms with Gasteiger partial charge in [-0.25, -0.2) is 9.37 Å². The maximum Gasteiger partial charge on any atom is 0.251 e. The van der Waals surface area contributed by atoms with Gasteiger partial charge >= 0.3 is 0 Å². The first-order valence-corrected chi connectivity index (χ1v) is 13.9. The summed E-state index contributed by atoms with van der Waals surface area (Å²) >= 11 is 1.65. The lowest BCUT2D eigenvalue weighted by Crippen LogP contribution is -2.50. The molecule has 0 bridgehead atoms. The summed E-state index contributed by atoms with van der Waals surface area (Å²) in [5.41, 5.74) is 4.77. The van der Waals surface area contributed by atoms with Crippen LogP contribution in [0.25, 0.3) is 32.4 Å². The first-order chi connectivity index (χ1) is 18.9. The summed E-state index contributed by atoms with van der Waals surface area (Å²) in [6.45, 7) is 6.07. The lowest BCUT2D eigenvalue weighted by Gasteiger charge is -2.37. The van der Waals surface area contributed by atoms with Crippen LogP contribution in [-0.2, 0) is 6.54 Å². The average Bonchev–Trinajstić information content (AvgIpc) is 3.51. The van der Waals surface area contributed by atoms with E-state index in [1.165, 1.54) is 6.07 Å². The van der Waals surface area contributed by atoms with Crippen molar-refractivity contribution < 1.29 is 13.9 Å². The highest BCUT2D eigenvalue weighted by molar-refractivity contribution is 7.18. The molecule has 1 aliphatic heterocycles. The van der Waals surface area contributed by atoms with Crippen molar-refractivity contribution in [1.29, 1.82) is 0 Å². The van der Waals surface area contributed by atoms with Crippen molar-refractivity contribution in [3.05, 3.63) is 76.5 Å². The van der Waals surface area contributed by atoms with Crippen LogP contribution in [0.1, 0.15) is 34.3 Å². The van der Waals surface area contributed by atoms with Gasteiger partial charge < -0.3 is 10.1 Å². The van der Waals surface area contributed by atoms with Crippen LogP contribution in [0.5, 0.6) is 5.75 Å². The van der Waals surface area contributed by atoms with Crippen molar-refractivity contribution in [2.75, 3.05) is 20.2 Å². The second kappa shape index (κ2) is 10.4. The SMILES string of the molecule is COc1cccc(F)c1CN1C[C@@H](C)C[C@@H](NC(=O)c2ccc3[nH]nc(-c4ccc5nc(C)sc5c4)c3c2)C1. The molecule has 3 aromatic carbocycles. The van der Waals surface area contributed by atoms with Crippen molar-refractivity contribution in [3.8, 4) is 17.0 Å². The molecule has 200 valence electrons. The summed E-state index contributed by atoms with van der Waals surface area (Å²) in [6, 6.07) is 16.6. The summed E-state index contributed by atoms with van der Waals surface area (Å²) < 4.78 is 21.1. The Labute approximate surface area is 230 Å². The third kappa shape index (κ3) is 5.12. The number of likely N-dealkylation sites (tertiary alicyclic amines) is 1. The van der Waals surface area contributed by atoms with E-state index in [1.54, 1.807) is 30.6 Å². The number of nitrogens with zero attached hydrogens (tertiary/aromatic N) is 3. The van der Waals surface area contributed by atoms with E-state index >= 15 is 0 Å². The van der Waals surface area contributed by atoms with E-state index in [2.05, 4.69) is 38.4 Å². The number of aryl methyl sites for hydroxylation is 1. The maximum absolute atomic E-state index is 14.6. The van der Waals surface area contributed by atoms with E-state index in [0.717, 1.165) is 50.4 Å². The molecule has 1 saturated heterocycles. The quantitative estimate of drug-likeness (QED) is 0.277. The number of ether oxygens (including phenoxy) is 1. The molecule has 0 unspecified atom stereocenters. The van der Waals surface area contributed by atoms with Crippen LogP contribution >= 0.6 is 11.3 Å². The maximum atomic E-state index is 14.6. The zero-order valence-electron chi connectivity index (χ0n) is 22.1. The van der Waals surface area contributed by atoms with Crippen molar-refractivity contribution in [1.82, 2.24) is 25.4 Å². The van der Waals surface area contributed by atoms with Gasteiger partial charge in [-0.1, -0.05) is 19.1 Å². The molecule has 9 heteroatoms. The Hall–Kier alpha value is -3.82. The van der Waals surface area contributed by atoms with Gasteiger partial charge in [-0.2, -0.15) is 5.10 Å². The summed E-state index contributed by atoms with van der Waals surface area (Å²) in [6.07, 6.45) is 0.865. The number of rotatable bonds is 6. The lowest BCUT2D eigenvalue weighted by atomic mass is 9.95. The number of aromatic nitrogens is 3. The second-order valence-electron chi connectivity index (χ2n) is 10.4. The number of hydrogen-bond donors (Lipinski definition) is 2. The largest absolute Gasteiger partial charge is 0.496 e. The zero-order valence-corrected chi connectivity index (χ0v) is 22.9. The van der Waals surface area contributed by atoms with Crippen molar-refractivity contribution in [2.24, 2.45) is 5.92 Å². The Morgan fingerprint density at radius 2 is 2.08 bits per heavy atom. The monoisotopic (exact) mass is 543 g/mol. The van der Waals surface area contributed by atoms with E-state index in [-0.39, 0.29) is 17.8 Å². The standard InChI is InChI=1S/C30H30FN5O2S/c1-17-11-21(15-36(14-17)16-23-24(31)5-4-6-27(23)38-3)33-30(37)20-8-9-25-22(12-20)29(35-34-25)19-7-10-26-28(13-19)39-18(2)32-26/h4-10,12-13,17,21H,11,14-16H2,1-3H3,(H,33,37)(H,34,35)/t17-,21+/m0/s1. The van der Waals surface area contributed by atoms with Crippen LogP contribution in [0.2, 0.25) is 0 Å². The summed E-state index contributed by atoms with van der Waals surface area (Å²) in [7, 11) is 1.56. The molecule has 2 N–H and O–H groups in total. The first kappa shape index (κ1) is 25.5. The molecule has 5 aromatic rings. The highest BCUT2D eigenvalue weighted by Crippen LogP contribution is 2.32. The highest BCUT2D eigenvalue weighted by Gasteiger charge is 2.28. The number of carbonyl (C=O) groups excluding carboxylic acids is 1. The number of aromatic amines is 1. The molecule has 2 atom stereocenters. The van der Waals surface area contributed by atoms with Crippen LogP contribution in [0.4, 0.5) is 4.39 Å². The minimum atomic E-state index is -0.276. The van der Waals surface area contributed by atoms with Gasteiger partial charge in [0.2, 0.25) is 0 Å². The van der Waals surface area contributed by atoms with E-state index in [9.17, 15) is 9.18 Å². The molecular weight excluding hydrogens is 513 g/mol. The fourth-order valence-corrected chi connectivity index (χ4v) is 6.50. The smallest absolute Gasteiger partial charge is 0.251 e. The number of hydrogen-bond acceptors (Lipinski definition) is 6. The zero-order chi connectivity index (χ0) is 27.1.